The summed E-state index contributed by atoms with van der Waals surface area (Å²) in [6.45, 7) is 0.473. The molecule has 2 amide bonds. The van der Waals surface area contributed by atoms with Crippen LogP contribution in [0.1, 0.15) is 6.42 Å². The lowest BCUT2D eigenvalue weighted by Crippen LogP contribution is -2.39. The maximum Gasteiger partial charge on any atom is 0.231 e. The van der Waals surface area contributed by atoms with Crippen molar-refractivity contribution in [1.29, 1.82) is 0 Å². The van der Waals surface area contributed by atoms with Crippen LogP contribution in [0.4, 0.5) is 5.69 Å². The summed E-state index contributed by atoms with van der Waals surface area (Å²) in [4.78, 5) is 26.5. The largest absolute Gasteiger partial charge is 0.497 e. The van der Waals surface area contributed by atoms with Gasteiger partial charge in [0.25, 0.3) is 0 Å². The lowest BCUT2D eigenvalue weighted by molar-refractivity contribution is -0.126. The van der Waals surface area contributed by atoms with Gasteiger partial charge in [0, 0.05) is 37.3 Å². The summed E-state index contributed by atoms with van der Waals surface area (Å²) in [5, 5.41) is 12.8. The van der Waals surface area contributed by atoms with E-state index in [-0.39, 0.29) is 44.7 Å². The van der Waals surface area contributed by atoms with Crippen LogP contribution in [0.15, 0.2) is 42.5 Å². The van der Waals surface area contributed by atoms with E-state index in [4.69, 9.17) is 18.9 Å². The van der Waals surface area contributed by atoms with Crippen molar-refractivity contribution in [3.63, 3.8) is 0 Å². The van der Waals surface area contributed by atoms with Gasteiger partial charge in [-0.1, -0.05) is 6.07 Å². The summed E-state index contributed by atoms with van der Waals surface area (Å²) in [5.41, 5.74) is 0.691. The molecule has 0 aromatic heterocycles. The minimum Gasteiger partial charge on any atom is -0.497 e. The third kappa shape index (κ3) is 4.83. The summed E-state index contributed by atoms with van der Waals surface area (Å²) in [5.74, 6) is 1.52. The Morgan fingerprint density at radius 3 is 2.90 bits per heavy atom. The monoisotopic (exact) mass is 428 g/mol. The molecule has 9 nitrogen and oxygen atoms in total. The van der Waals surface area contributed by atoms with Gasteiger partial charge < -0.3 is 34.3 Å². The molecular formula is C22H24N2O7. The summed E-state index contributed by atoms with van der Waals surface area (Å²) in [6.07, 6.45) is -0.784. The van der Waals surface area contributed by atoms with Crippen molar-refractivity contribution < 1.29 is 33.6 Å². The molecule has 4 rings (SSSR count). The molecule has 2 N–H and O–H groups in total. The first-order valence-electron chi connectivity index (χ1n) is 9.96. The van der Waals surface area contributed by atoms with Crippen molar-refractivity contribution in [2.75, 3.05) is 38.5 Å². The van der Waals surface area contributed by atoms with Crippen LogP contribution < -0.4 is 29.2 Å². The van der Waals surface area contributed by atoms with Crippen molar-refractivity contribution in [3.8, 4) is 23.0 Å². The topological polar surface area (TPSA) is 107 Å². The van der Waals surface area contributed by atoms with Crippen LogP contribution in [0.3, 0.4) is 0 Å². The molecule has 9 heteroatoms. The number of hydrogen-bond donors (Lipinski definition) is 2. The van der Waals surface area contributed by atoms with Crippen LogP contribution in [0.25, 0.3) is 0 Å². The van der Waals surface area contributed by atoms with Gasteiger partial charge in [-0.05, 0) is 24.3 Å². The number of benzene rings is 2. The van der Waals surface area contributed by atoms with E-state index in [1.165, 1.54) is 0 Å². The highest BCUT2D eigenvalue weighted by atomic mass is 16.7. The maximum atomic E-state index is 12.5. The van der Waals surface area contributed by atoms with Crippen LogP contribution >= 0.6 is 0 Å². The zero-order valence-electron chi connectivity index (χ0n) is 17.1. The van der Waals surface area contributed by atoms with Gasteiger partial charge >= 0.3 is 0 Å². The predicted molar refractivity (Wildman–Crippen MR) is 111 cm³/mol. The second kappa shape index (κ2) is 9.13. The average Bonchev–Trinajstić information content (AvgIpc) is 3.42. The summed E-state index contributed by atoms with van der Waals surface area (Å²) in [7, 11) is 1.56. The van der Waals surface area contributed by atoms with Gasteiger partial charge in [-0.2, -0.15) is 0 Å². The first-order chi connectivity index (χ1) is 15.0. The van der Waals surface area contributed by atoms with Gasteiger partial charge in [-0.25, -0.2) is 0 Å². The molecule has 2 aromatic carbocycles. The Morgan fingerprint density at radius 1 is 1.23 bits per heavy atom. The Hall–Kier alpha value is -3.46. The van der Waals surface area contributed by atoms with Crippen molar-refractivity contribution >= 4 is 17.5 Å². The lowest BCUT2D eigenvalue weighted by Gasteiger charge is -2.18. The quantitative estimate of drug-likeness (QED) is 0.653. The van der Waals surface area contributed by atoms with E-state index >= 15 is 0 Å². The Bertz CT molecular complexity index is 965. The molecule has 0 radical (unpaired) electrons. The zero-order valence-corrected chi connectivity index (χ0v) is 17.1. The molecule has 2 aliphatic rings. The first-order valence-corrected chi connectivity index (χ1v) is 9.96. The molecule has 1 saturated heterocycles. The van der Waals surface area contributed by atoms with Crippen LogP contribution in [0.5, 0.6) is 23.0 Å². The molecule has 31 heavy (non-hydrogen) atoms. The van der Waals surface area contributed by atoms with E-state index in [0.717, 1.165) is 0 Å². The number of nitrogens with one attached hydrogen (secondary N) is 1. The fourth-order valence-corrected chi connectivity index (χ4v) is 3.49. The van der Waals surface area contributed by atoms with Gasteiger partial charge in [0.05, 0.1) is 13.0 Å². The number of hydrogen-bond acceptors (Lipinski definition) is 7. The molecule has 0 spiro atoms. The number of nitrogens with zero attached hydrogens (tertiary/aromatic N) is 1. The molecule has 2 unspecified atom stereocenters. The molecule has 0 aliphatic carbocycles. The lowest BCUT2D eigenvalue weighted by atomic mass is 10.1. The summed E-state index contributed by atoms with van der Waals surface area (Å²) >= 11 is 0. The number of carbonyl (C=O) groups excluding carboxylic acids is 2. The number of ether oxygens (including phenoxy) is 4. The predicted octanol–water partition coefficient (Wildman–Crippen LogP) is 1.33. The third-order valence-electron chi connectivity index (χ3n) is 5.16. The number of fused-ring (bicyclic) bond motifs is 1. The molecule has 2 aromatic rings. The number of aliphatic hydroxyl groups is 1. The Kier molecular flexibility index (Phi) is 6.13. The fourth-order valence-electron chi connectivity index (χ4n) is 3.49. The van der Waals surface area contributed by atoms with E-state index in [9.17, 15) is 14.7 Å². The minimum absolute atomic E-state index is 0.000540. The van der Waals surface area contributed by atoms with Gasteiger partial charge in [-0.3, -0.25) is 9.59 Å². The van der Waals surface area contributed by atoms with E-state index in [1.54, 1.807) is 54.5 Å². The highest BCUT2D eigenvalue weighted by Crippen LogP contribution is 2.35. The molecular weight excluding hydrogens is 404 g/mol. The van der Waals surface area contributed by atoms with Crippen LogP contribution in [0.2, 0.25) is 0 Å². The van der Waals surface area contributed by atoms with E-state index < -0.39 is 12.0 Å². The number of methoxy groups -OCH3 is 1. The second-order valence-corrected chi connectivity index (χ2v) is 7.33. The van der Waals surface area contributed by atoms with Crippen molar-refractivity contribution in [2.45, 2.75) is 12.5 Å². The molecule has 0 bridgehead atoms. The average molecular weight is 428 g/mol. The van der Waals surface area contributed by atoms with Crippen molar-refractivity contribution in [1.82, 2.24) is 5.32 Å². The fraction of sp³-hybridized carbons (Fsp3) is 0.364. The Labute approximate surface area is 179 Å². The van der Waals surface area contributed by atoms with Gasteiger partial charge in [0.2, 0.25) is 18.6 Å². The SMILES string of the molecule is COc1cccc(N2CC(C(=O)NCC(O)COc3ccc4c(c3)OCO4)CC2=O)c1. The number of carbonyl (C=O) groups is 2. The molecule has 2 heterocycles. The van der Waals surface area contributed by atoms with Crippen LogP contribution in [0, 0.1) is 5.92 Å². The molecule has 164 valence electrons. The molecule has 2 aliphatic heterocycles. The summed E-state index contributed by atoms with van der Waals surface area (Å²) in [6, 6.07) is 12.3. The highest BCUT2D eigenvalue weighted by Gasteiger charge is 2.35. The first kappa shape index (κ1) is 20.8. The van der Waals surface area contributed by atoms with Gasteiger partial charge in [-0.15, -0.1) is 0 Å². The van der Waals surface area contributed by atoms with Crippen LogP contribution in [-0.4, -0.2) is 56.6 Å². The summed E-state index contributed by atoms with van der Waals surface area (Å²) < 4.78 is 21.3. The second-order valence-electron chi connectivity index (χ2n) is 7.33. The Morgan fingerprint density at radius 2 is 2.06 bits per heavy atom. The highest BCUT2D eigenvalue weighted by molar-refractivity contribution is 6.00. The number of amides is 2. The van der Waals surface area contributed by atoms with E-state index in [0.29, 0.717) is 28.7 Å². The normalized spacial score (nSPS) is 18.1. The molecule has 2 atom stereocenters. The molecule has 0 saturated carbocycles. The van der Waals surface area contributed by atoms with Crippen molar-refractivity contribution in [2.24, 2.45) is 5.92 Å². The number of aliphatic hydroxyl groups excluding tert-OH is 1. The van der Waals surface area contributed by atoms with E-state index in [2.05, 4.69) is 5.32 Å². The Balaban J connectivity index is 1.24. The number of anilines is 1. The smallest absolute Gasteiger partial charge is 0.231 e. The molecule has 1 fully saturated rings. The number of rotatable bonds is 8. The van der Waals surface area contributed by atoms with E-state index in [1.807, 2.05) is 0 Å². The van der Waals surface area contributed by atoms with Gasteiger partial charge in [0.1, 0.15) is 24.2 Å². The zero-order chi connectivity index (χ0) is 21.8. The van der Waals surface area contributed by atoms with Crippen molar-refractivity contribution in [3.05, 3.63) is 42.5 Å². The standard InChI is InChI=1S/C22H24N2O7/c1-28-17-4-2-3-15(8-17)24-11-14(7-21(24)26)22(27)23-10-16(25)12-29-18-5-6-19-20(9-18)31-13-30-19/h2-6,8-9,14,16,25H,7,10-13H2,1H3,(H,23,27). The van der Waals surface area contributed by atoms with Gasteiger partial charge in [0.15, 0.2) is 11.5 Å². The maximum absolute atomic E-state index is 12.5. The minimum atomic E-state index is -0.902. The third-order valence-corrected chi connectivity index (χ3v) is 5.16. The van der Waals surface area contributed by atoms with Crippen LogP contribution in [-0.2, 0) is 9.59 Å².